The van der Waals surface area contributed by atoms with Crippen molar-refractivity contribution in [2.75, 3.05) is 11.9 Å². The molecule has 0 fully saturated rings. The topological polar surface area (TPSA) is 101 Å². The zero-order chi connectivity index (χ0) is 10.6. The highest BCUT2D eigenvalue weighted by molar-refractivity contribution is 5.87. The molecule has 0 heterocycles. The van der Waals surface area contributed by atoms with Crippen molar-refractivity contribution in [2.45, 2.75) is 6.10 Å². The van der Waals surface area contributed by atoms with Crippen LogP contribution in [0.2, 0.25) is 0 Å². The Labute approximate surface area is 81.7 Å². The van der Waals surface area contributed by atoms with Gasteiger partial charge in [-0.05, 0) is 17.7 Å². The smallest absolute Gasteiger partial charge is 0.316 e. The Bertz CT molecular complexity index is 328. The Hall–Kier alpha value is -1.59. The summed E-state index contributed by atoms with van der Waals surface area (Å²) in [6.07, 6.45) is -0.718. The van der Waals surface area contributed by atoms with Crippen LogP contribution >= 0.6 is 0 Å². The molecule has 0 aliphatic heterocycles. The fraction of sp³-hybridized carbons (Fsp3) is 0.222. The van der Waals surface area contributed by atoms with Crippen molar-refractivity contribution < 1.29 is 9.90 Å². The maximum atomic E-state index is 10.5. The van der Waals surface area contributed by atoms with Crippen molar-refractivity contribution in [1.82, 2.24) is 0 Å². The lowest BCUT2D eigenvalue weighted by molar-refractivity contribution is 0.187. The van der Waals surface area contributed by atoms with E-state index in [0.29, 0.717) is 11.3 Å². The lowest BCUT2D eigenvalue weighted by atomic mass is 10.1. The Morgan fingerprint density at radius 2 is 2.29 bits per heavy atom. The van der Waals surface area contributed by atoms with E-state index in [2.05, 4.69) is 5.32 Å². The summed E-state index contributed by atoms with van der Waals surface area (Å²) >= 11 is 0. The van der Waals surface area contributed by atoms with Gasteiger partial charge in [-0.1, -0.05) is 12.1 Å². The van der Waals surface area contributed by atoms with Crippen LogP contribution in [0, 0.1) is 0 Å². The number of aliphatic hydroxyl groups is 1. The van der Waals surface area contributed by atoms with Gasteiger partial charge in [0.2, 0.25) is 0 Å². The second-order valence-electron chi connectivity index (χ2n) is 2.87. The van der Waals surface area contributed by atoms with E-state index in [9.17, 15) is 9.90 Å². The summed E-state index contributed by atoms with van der Waals surface area (Å²) in [5.74, 6) is 0. The average Bonchev–Trinajstić information content (AvgIpc) is 2.16. The molecule has 14 heavy (non-hydrogen) atoms. The molecule has 0 radical (unpaired) electrons. The van der Waals surface area contributed by atoms with Gasteiger partial charge in [-0.2, -0.15) is 0 Å². The molecule has 2 amide bonds. The number of rotatable bonds is 3. The number of anilines is 1. The van der Waals surface area contributed by atoms with Crippen molar-refractivity contribution in [2.24, 2.45) is 11.5 Å². The highest BCUT2D eigenvalue weighted by atomic mass is 16.3. The lowest BCUT2D eigenvalue weighted by Gasteiger charge is -2.09. The van der Waals surface area contributed by atoms with Crippen molar-refractivity contribution >= 4 is 11.7 Å². The van der Waals surface area contributed by atoms with E-state index in [1.807, 2.05) is 0 Å². The lowest BCUT2D eigenvalue weighted by Crippen LogP contribution is -2.19. The highest BCUT2D eigenvalue weighted by Gasteiger charge is 2.05. The second kappa shape index (κ2) is 4.59. The molecule has 1 atom stereocenters. The Morgan fingerprint density at radius 1 is 1.57 bits per heavy atom. The van der Waals surface area contributed by atoms with Crippen molar-refractivity contribution in [3.63, 3.8) is 0 Å². The number of nitrogens with one attached hydrogen (secondary N) is 1. The van der Waals surface area contributed by atoms with Gasteiger partial charge in [0.05, 0.1) is 6.10 Å². The van der Waals surface area contributed by atoms with Gasteiger partial charge in [-0.25, -0.2) is 4.79 Å². The zero-order valence-electron chi connectivity index (χ0n) is 7.60. The molecule has 0 spiro atoms. The summed E-state index contributed by atoms with van der Waals surface area (Å²) < 4.78 is 0. The van der Waals surface area contributed by atoms with Crippen molar-refractivity contribution in [1.29, 1.82) is 0 Å². The van der Waals surface area contributed by atoms with Crippen molar-refractivity contribution in [3.8, 4) is 0 Å². The summed E-state index contributed by atoms with van der Waals surface area (Å²) in [5.41, 5.74) is 11.4. The third-order valence-corrected chi connectivity index (χ3v) is 1.76. The van der Waals surface area contributed by atoms with E-state index in [4.69, 9.17) is 11.5 Å². The second-order valence-corrected chi connectivity index (χ2v) is 2.87. The molecule has 0 saturated heterocycles. The number of hydrogen-bond acceptors (Lipinski definition) is 3. The molecular formula is C9H13N3O2. The summed E-state index contributed by atoms with van der Waals surface area (Å²) in [7, 11) is 0. The van der Waals surface area contributed by atoms with Gasteiger partial charge in [-0.15, -0.1) is 0 Å². The van der Waals surface area contributed by atoms with Gasteiger partial charge in [-0.3, -0.25) is 0 Å². The number of aliphatic hydroxyl groups excluding tert-OH is 1. The summed E-state index contributed by atoms with van der Waals surface area (Å²) in [6, 6.07) is 6.10. The first-order chi connectivity index (χ1) is 6.63. The number of urea groups is 1. The minimum absolute atomic E-state index is 0.139. The molecule has 0 bridgehead atoms. The van der Waals surface area contributed by atoms with E-state index in [-0.39, 0.29) is 6.54 Å². The third-order valence-electron chi connectivity index (χ3n) is 1.76. The van der Waals surface area contributed by atoms with Gasteiger partial charge >= 0.3 is 6.03 Å². The summed E-state index contributed by atoms with van der Waals surface area (Å²) in [6.45, 7) is 0.139. The van der Waals surface area contributed by atoms with E-state index < -0.39 is 12.1 Å². The maximum Gasteiger partial charge on any atom is 0.316 e. The van der Waals surface area contributed by atoms with Crippen LogP contribution < -0.4 is 16.8 Å². The van der Waals surface area contributed by atoms with Crippen LogP contribution in [-0.2, 0) is 0 Å². The number of carbonyl (C=O) groups excluding carboxylic acids is 1. The van der Waals surface area contributed by atoms with Crippen LogP contribution in [0.15, 0.2) is 24.3 Å². The maximum absolute atomic E-state index is 10.5. The molecule has 0 saturated carbocycles. The number of primary amides is 1. The van der Waals surface area contributed by atoms with Crippen LogP contribution in [0.25, 0.3) is 0 Å². The monoisotopic (exact) mass is 195 g/mol. The average molecular weight is 195 g/mol. The van der Waals surface area contributed by atoms with Gasteiger partial charge < -0.3 is 21.9 Å². The molecular weight excluding hydrogens is 182 g/mol. The molecule has 1 unspecified atom stereocenters. The van der Waals surface area contributed by atoms with E-state index in [1.165, 1.54) is 0 Å². The van der Waals surface area contributed by atoms with Gasteiger partial charge in [0.1, 0.15) is 0 Å². The van der Waals surface area contributed by atoms with E-state index >= 15 is 0 Å². The zero-order valence-corrected chi connectivity index (χ0v) is 7.60. The van der Waals surface area contributed by atoms with Crippen LogP contribution in [-0.4, -0.2) is 17.7 Å². The van der Waals surface area contributed by atoms with Crippen LogP contribution in [0.4, 0.5) is 10.5 Å². The predicted octanol–water partition coefficient (Wildman–Crippen LogP) is 0.169. The van der Waals surface area contributed by atoms with Crippen LogP contribution in [0.1, 0.15) is 11.7 Å². The standard InChI is InChI=1S/C9H13N3O2/c10-5-8(13)6-2-1-3-7(4-6)12-9(11)14/h1-4,8,13H,5,10H2,(H3,11,12,14). The summed E-state index contributed by atoms with van der Waals surface area (Å²) in [4.78, 5) is 10.5. The predicted molar refractivity (Wildman–Crippen MR) is 53.7 cm³/mol. The Kier molecular flexibility index (Phi) is 3.44. The van der Waals surface area contributed by atoms with Gasteiger partial charge in [0.15, 0.2) is 0 Å². The molecule has 76 valence electrons. The first-order valence-corrected chi connectivity index (χ1v) is 4.18. The van der Waals surface area contributed by atoms with Gasteiger partial charge in [0.25, 0.3) is 0 Å². The summed E-state index contributed by atoms with van der Waals surface area (Å²) in [5, 5.41) is 11.8. The number of amides is 2. The van der Waals surface area contributed by atoms with E-state index in [0.717, 1.165) is 0 Å². The molecule has 6 N–H and O–H groups in total. The fourth-order valence-corrected chi connectivity index (χ4v) is 1.10. The first-order valence-electron chi connectivity index (χ1n) is 4.18. The normalized spacial score (nSPS) is 12.1. The number of benzene rings is 1. The number of nitrogens with two attached hydrogens (primary N) is 2. The Morgan fingerprint density at radius 3 is 2.86 bits per heavy atom. The molecule has 5 nitrogen and oxygen atoms in total. The van der Waals surface area contributed by atoms with Crippen LogP contribution in [0.5, 0.6) is 0 Å². The van der Waals surface area contributed by atoms with Crippen LogP contribution in [0.3, 0.4) is 0 Å². The molecule has 0 aromatic heterocycles. The molecule has 0 aliphatic carbocycles. The number of hydrogen-bond donors (Lipinski definition) is 4. The molecule has 0 aliphatic rings. The third kappa shape index (κ3) is 2.72. The number of carbonyl (C=O) groups is 1. The van der Waals surface area contributed by atoms with Crippen molar-refractivity contribution in [3.05, 3.63) is 29.8 Å². The Balaban J connectivity index is 2.83. The minimum atomic E-state index is -0.718. The minimum Gasteiger partial charge on any atom is -0.387 e. The molecule has 1 rings (SSSR count). The quantitative estimate of drug-likeness (QED) is 0.553. The fourth-order valence-electron chi connectivity index (χ4n) is 1.10. The van der Waals surface area contributed by atoms with E-state index in [1.54, 1.807) is 24.3 Å². The molecule has 1 aromatic rings. The SMILES string of the molecule is NCC(O)c1cccc(NC(N)=O)c1. The largest absolute Gasteiger partial charge is 0.387 e. The van der Waals surface area contributed by atoms with Gasteiger partial charge in [0, 0.05) is 12.2 Å². The highest BCUT2D eigenvalue weighted by Crippen LogP contribution is 2.16. The molecule has 1 aromatic carbocycles. The first kappa shape index (κ1) is 10.5. The molecule has 5 heteroatoms.